The highest BCUT2D eigenvalue weighted by Gasteiger charge is 2.30. The number of nitrogens with zero attached hydrogens (tertiary/aromatic N) is 4. The van der Waals surface area contributed by atoms with Gasteiger partial charge in [0.25, 0.3) is 5.91 Å². The average Bonchev–Trinajstić information content (AvgIpc) is 3.30. The molecule has 1 aromatic carbocycles. The quantitative estimate of drug-likeness (QED) is 0.557. The molecule has 0 unspecified atom stereocenters. The number of hydrogen-bond donors (Lipinski definition) is 1. The third kappa shape index (κ3) is 4.73. The predicted molar refractivity (Wildman–Crippen MR) is 114 cm³/mol. The summed E-state index contributed by atoms with van der Waals surface area (Å²) >= 11 is 1.35. The molecule has 30 heavy (non-hydrogen) atoms. The van der Waals surface area contributed by atoms with Gasteiger partial charge in [0.2, 0.25) is 5.91 Å². The van der Waals surface area contributed by atoms with Crippen LogP contribution in [0.25, 0.3) is 0 Å². The standard InChI is InChI=1S/C21H23N5O3S/c1-25(2)20(28)15-7-9-16(10-8-15)22-18(27)13-30-21-24-23-19(14-5-6-14)26(21)12-17-4-3-11-29-17/h3-4,7-11,14H,5-6,12-13H2,1-2H3,(H,22,27). The van der Waals surface area contributed by atoms with Crippen LogP contribution in [-0.4, -0.2) is 51.3 Å². The van der Waals surface area contributed by atoms with Crippen molar-refractivity contribution in [2.24, 2.45) is 0 Å². The van der Waals surface area contributed by atoms with Crippen LogP contribution in [0.4, 0.5) is 5.69 Å². The van der Waals surface area contributed by atoms with Crippen molar-refractivity contribution in [3.05, 3.63) is 59.8 Å². The first-order chi connectivity index (χ1) is 14.5. The number of aromatic nitrogens is 3. The van der Waals surface area contributed by atoms with E-state index in [9.17, 15) is 9.59 Å². The number of hydrogen-bond acceptors (Lipinski definition) is 6. The highest BCUT2D eigenvalue weighted by atomic mass is 32.2. The monoisotopic (exact) mass is 425 g/mol. The molecular formula is C21H23N5O3S. The van der Waals surface area contributed by atoms with Gasteiger partial charge in [-0.1, -0.05) is 11.8 Å². The zero-order valence-corrected chi connectivity index (χ0v) is 17.7. The number of nitrogens with one attached hydrogen (secondary N) is 1. The van der Waals surface area contributed by atoms with Crippen LogP contribution in [0.3, 0.4) is 0 Å². The number of thioether (sulfide) groups is 1. The minimum absolute atomic E-state index is 0.0780. The third-order valence-corrected chi connectivity index (χ3v) is 5.70. The van der Waals surface area contributed by atoms with E-state index in [1.54, 1.807) is 44.6 Å². The van der Waals surface area contributed by atoms with Crippen molar-refractivity contribution in [1.29, 1.82) is 0 Å². The summed E-state index contributed by atoms with van der Waals surface area (Å²) < 4.78 is 7.51. The molecule has 1 aliphatic rings. The Morgan fingerprint density at radius 3 is 2.60 bits per heavy atom. The number of carbonyl (C=O) groups is 2. The lowest BCUT2D eigenvalue weighted by molar-refractivity contribution is -0.113. The van der Waals surface area contributed by atoms with Gasteiger partial charge in [-0.25, -0.2) is 0 Å². The minimum atomic E-state index is -0.146. The van der Waals surface area contributed by atoms with E-state index in [1.165, 1.54) is 16.7 Å². The van der Waals surface area contributed by atoms with Crippen LogP contribution in [0.15, 0.2) is 52.2 Å². The first-order valence-electron chi connectivity index (χ1n) is 9.71. The number of rotatable bonds is 8. The molecule has 1 fully saturated rings. The van der Waals surface area contributed by atoms with E-state index in [4.69, 9.17) is 4.42 Å². The van der Waals surface area contributed by atoms with Gasteiger partial charge in [-0.15, -0.1) is 10.2 Å². The van der Waals surface area contributed by atoms with Gasteiger partial charge in [-0.05, 0) is 49.2 Å². The summed E-state index contributed by atoms with van der Waals surface area (Å²) in [4.78, 5) is 25.9. The molecule has 2 heterocycles. The second-order valence-electron chi connectivity index (χ2n) is 7.39. The second kappa shape index (κ2) is 8.74. The molecule has 1 N–H and O–H groups in total. The van der Waals surface area contributed by atoms with E-state index in [2.05, 4.69) is 15.5 Å². The molecule has 9 heteroatoms. The molecule has 2 amide bonds. The highest BCUT2D eigenvalue weighted by molar-refractivity contribution is 7.99. The maximum atomic E-state index is 12.4. The van der Waals surface area contributed by atoms with Crippen molar-refractivity contribution in [3.8, 4) is 0 Å². The van der Waals surface area contributed by atoms with Crippen LogP contribution in [0.1, 0.15) is 40.7 Å². The zero-order chi connectivity index (χ0) is 21.1. The smallest absolute Gasteiger partial charge is 0.253 e. The number of carbonyl (C=O) groups excluding carboxylic acids is 2. The molecular weight excluding hydrogens is 402 g/mol. The molecule has 2 aromatic heterocycles. The van der Waals surface area contributed by atoms with Gasteiger partial charge < -0.3 is 14.6 Å². The van der Waals surface area contributed by atoms with Gasteiger partial charge in [0.05, 0.1) is 18.6 Å². The van der Waals surface area contributed by atoms with Crippen LogP contribution in [0.2, 0.25) is 0 Å². The van der Waals surface area contributed by atoms with Gasteiger partial charge in [-0.3, -0.25) is 14.2 Å². The van der Waals surface area contributed by atoms with E-state index in [-0.39, 0.29) is 17.6 Å². The Morgan fingerprint density at radius 2 is 1.97 bits per heavy atom. The fourth-order valence-electron chi connectivity index (χ4n) is 3.04. The molecule has 3 aromatic rings. The van der Waals surface area contributed by atoms with Crippen molar-refractivity contribution in [1.82, 2.24) is 19.7 Å². The molecule has 0 atom stereocenters. The van der Waals surface area contributed by atoms with E-state index in [1.807, 2.05) is 16.7 Å². The lowest BCUT2D eigenvalue weighted by atomic mass is 10.2. The van der Waals surface area contributed by atoms with Crippen molar-refractivity contribution >= 4 is 29.3 Å². The predicted octanol–water partition coefficient (Wildman–Crippen LogP) is 3.23. The Hall–Kier alpha value is -3.07. The molecule has 156 valence electrons. The third-order valence-electron chi connectivity index (χ3n) is 4.74. The van der Waals surface area contributed by atoms with Crippen molar-refractivity contribution in [2.45, 2.75) is 30.5 Å². The summed E-state index contributed by atoms with van der Waals surface area (Å²) in [5.41, 5.74) is 1.22. The van der Waals surface area contributed by atoms with Crippen LogP contribution < -0.4 is 5.32 Å². The molecule has 1 aliphatic carbocycles. The average molecular weight is 426 g/mol. The van der Waals surface area contributed by atoms with Gasteiger partial charge in [0.15, 0.2) is 5.16 Å². The Bertz CT molecular complexity index is 1020. The fraction of sp³-hybridized carbons (Fsp3) is 0.333. The summed E-state index contributed by atoms with van der Waals surface area (Å²) in [6, 6.07) is 10.6. The Balaban J connectivity index is 1.37. The normalized spacial score (nSPS) is 13.3. The van der Waals surface area contributed by atoms with Crippen LogP contribution in [-0.2, 0) is 11.3 Å². The zero-order valence-electron chi connectivity index (χ0n) is 16.9. The van der Waals surface area contributed by atoms with Gasteiger partial charge in [0.1, 0.15) is 11.6 Å². The summed E-state index contributed by atoms with van der Waals surface area (Å²) in [6.45, 7) is 0.553. The van der Waals surface area contributed by atoms with Crippen molar-refractivity contribution in [2.75, 3.05) is 25.2 Å². The van der Waals surface area contributed by atoms with E-state index in [0.717, 1.165) is 24.4 Å². The Kier molecular flexibility index (Phi) is 5.89. The summed E-state index contributed by atoms with van der Waals surface area (Å²) in [5, 5.41) is 12.2. The second-order valence-corrected chi connectivity index (χ2v) is 8.34. The Morgan fingerprint density at radius 1 is 1.20 bits per heavy atom. The molecule has 0 radical (unpaired) electrons. The van der Waals surface area contributed by atoms with Crippen LogP contribution in [0, 0.1) is 0 Å². The Labute approximate surface area is 178 Å². The van der Waals surface area contributed by atoms with Gasteiger partial charge >= 0.3 is 0 Å². The largest absolute Gasteiger partial charge is 0.467 e. The van der Waals surface area contributed by atoms with Gasteiger partial charge in [0, 0.05) is 31.3 Å². The molecule has 0 bridgehead atoms. The molecule has 0 aliphatic heterocycles. The maximum absolute atomic E-state index is 12.4. The molecule has 1 saturated carbocycles. The summed E-state index contributed by atoms with van der Waals surface area (Å²) in [5.74, 6) is 2.21. The summed E-state index contributed by atoms with van der Waals surface area (Å²) in [6.07, 6.45) is 3.88. The fourth-order valence-corrected chi connectivity index (χ4v) is 3.78. The molecule has 8 nitrogen and oxygen atoms in total. The van der Waals surface area contributed by atoms with E-state index < -0.39 is 0 Å². The molecule has 0 saturated heterocycles. The topological polar surface area (TPSA) is 93.3 Å². The number of furan rings is 1. The van der Waals surface area contributed by atoms with Crippen molar-refractivity contribution < 1.29 is 14.0 Å². The van der Waals surface area contributed by atoms with Crippen molar-refractivity contribution in [3.63, 3.8) is 0 Å². The lowest BCUT2D eigenvalue weighted by Crippen LogP contribution is -2.21. The van der Waals surface area contributed by atoms with E-state index >= 15 is 0 Å². The first-order valence-corrected chi connectivity index (χ1v) is 10.7. The summed E-state index contributed by atoms with van der Waals surface area (Å²) in [7, 11) is 3.41. The highest BCUT2D eigenvalue weighted by Crippen LogP contribution is 2.40. The van der Waals surface area contributed by atoms with Gasteiger partial charge in [-0.2, -0.15) is 0 Å². The maximum Gasteiger partial charge on any atom is 0.253 e. The number of amides is 2. The van der Waals surface area contributed by atoms with Crippen LogP contribution >= 0.6 is 11.8 Å². The first kappa shape index (κ1) is 20.2. The lowest BCUT2D eigenvalue weighted by Gasteiger charge is -2.11. The minimum Gasteiger partial charge on any atom is -0.467 e. The number of benzene rings is 1. The molecule has 4 rings (SSSR count). The van der Waals surface area contributed by atoms with E-state index in [0.29, 0.717) is 28.9 Å². The van der Waals surface area contributed by atoms with Crippen LogP contribution in [0.5, 0.6) is 0 Å². The SMILES string of the molecule is CN(C)C(=O)c1ccc(NC(=O)CSc2nnc(C3CC3)n2Cc2ccco2)cc1. The molecule has 0 spiro atoms. The number of anilines is 1.